The summed E-state index contributed by atoms with van der Waals surface area (Å²) in [5.41, 5.74) is 6.50. The fraction of sp³-hybridized carbons (Fsp3) is 0.308. The molecule has 3 N–H and O–H groups in total. The number of benzene rings is 1. The molecule has 0 radical (unpaired) electrons. The first-order valence-corrected chi connectivity index (χ1v) is 7.24. The molecule has 0 aliphatic rings. The highest BCUT2D eigenvalue weighted by Gasteiger charge is 2.04. The molecule has 6 heteroatoms. The van der Waals surface area contributed by atoms with Gasteiger partial charge in [0.15, 0.2) is 0 Å². The number of nitrogens with two attached hydrogens (primary N) is 1. The molecule has 0 unspecified atom stereocenters. The third kappa shape index (κ3) is 4.18. The molecular weight excluding hydrogens is 282 g/mol. The molecule has 0 aliphatic heterocycles. The van der Waals surface area contributed by atoms with Crippen molar-refractivity contribution in [2.45, 2.75) is 13.0 Å². The van der Waals surface area contributed by atoms with Crippen molar-refractivity contribution in [1.29, 1.82) is 0 Å². The van der Waals surface area contributed by atoms with Crippen LogP contribution in [0.25, 0.3) is 10.6 Å². The van der Waals surface area contributed by atoms with E-state index < -0.39 is 0 Å². The summed E-state index contributed by atoms with van der Waals surface area (Å²) in [6.45, 7) is 1.92. The van der Waals surface area contributed by atoms with Crippen LogP contribution >= 0.6 is 23.1 Å². The fourth-order valence-corrected chi connectivity index (χ4v) is 2.64. The van der Waals surface area contributed by atoms with Crippen LogP contribution in [0.3, 0.4) is 0 Å². The Bertz CT molecular complexity index is 501. The van der Waals surface area contributed by atoms with Gasteiger partial charge in [-0.3, -0.25) is 0 Å². The van der Waals surface area contributed by atoms with Crippen LogP contribution in [0.2, 0.25) is 0 Å². The Morgan fingerprint density at radius 3 is 2.79 bits per heavy atom. The van der Waals surface area contributed by atoms with E-state index >= 15 is 0 Å². The van der Waals surface area contributed by atoms with E-state index in [1.54, 1.807) is 11.3 Å². The van der Waals surface area contributed by atoms with Crippen molar-refractivity contribution in [3.05, 3.63) is 35.3 Å². The number of nitrogens with one attached hydrogen (secondary N) is 1. The Morgan fingerprint density at radius 2 is 2.11 bits per heavy atom. The lowest BCUT2D eigenvalue weighted by Gasteiger charge is -2.05. The van der Waals surface area contributed by atoms with Crippen LogP contribution in [0.5, 0.6) is 5.75 Å². The maximum absolute atomic E-state index is 5.56. The molecule has 0 bridgehead atoms. The van der Waals surface area contributed by atoms with E-state index in [2.05, 4.69) is 9.82 Å². The van der Waals surface area contributed by atoms with E-state index in [4.69, 9.17) is 22.2 Å². The first kappa shape index (κ1) is 14.3. The predicted octanol–water partition coefficient (Wildman–Crippen LogP) is 2.78. The summed E-state index contributed by atoms with van der Waals surface area (Å²) in [6.07, 6.45) is 2.70. The number of hydrogen-bond donors (Lipinski definition) is 2. The van der Waals surface area contributed by atoms with Gasteiger partial charge in [0.2, 0.25) is 0 Å². The molecule has 0 saturated carbocycles. The second kappa shape index (κ2) is 7.45. The number of aromatic nitrogens is 1. The van der Waals surface area contributed by atoms with Gasteiger partial charge in [0.25, 0.3) is 0 Å². The van der Waals surface area contributed by atoms with Crippen LogP contribution in [0.4, 0.5) is 0 Å². The summed E-state index contributed by atoms with van der Waals surface area (Å²) in [6, 6.07) is 7.92. The molecule has 2 rings (SSSR count). The van der Waals surface area contributed by atoms with E-state index in [9.17, 15) is 0 Å². The van der Waals surface area contributed by atoms with Gasteiger partial charge in [0, 0.05) is 23.2 Å². The minimum atomic E-state index is 0.625. The SMILES string of the molecule is NCCCOc1ccc(-c2ncc(CNCl)s2)cc1. The normalized spacial score (nSPS) is 10.6. The Hall–Kier alpha value is -1.14. The topological polar surface area (TPSA) is 60.2 Å². The Balaban J connectivity index is 2.00. The largest absolute Gasteiger partial charge is 0.494 e. The van der Waals surface area contributed by atoms with Gasteiger partial charge < -0.3 is 10.5 Å². The summed E-state index contributed by atoms with van der Waals surface area (Å²) >= 11 is 7.10. The van der Waals surface area contributed by atoms with Gasteiger partial charge in [0.05, 0.1) is 6.61 Å². The number of halogens is 1. The van der Waals surface area contributed by atoms with Crippen LogP contribution in [0.1, 0.15) is 11.3 Å². The fourth-order valence-electron chi connectivity index (χ4n) is 1.56. The predicted molar refractivity (Wildman–Crippen MR) is 79.4 cm³/mol. The quantitative estimate of drug-likeness (QED) is 0.609. The number of nitrogens with zero attached hydrogens (tertiary/aromatic N) is 1. The highest BCUT2D eigenvalue weighted by molar-refractivity contribution is 7.15. The van der Waals surface area contributed by atoms with Crippen LogP contribution in [-0.4, -0.2) is 18.1 Å². The molecule has 1 aromatic heterocycles. The first-order chi connectivity index (χ1) is 9.33. The van der Waals surface area contributed by atoms with Crippen molar-refractivity contribution in [2.24, 2.45) is 5.73 Å². The third-order valence-corrected chi connectivity index (χ3v) is 3.69. The van der Waals surface area contributed by atoms with Gasteiger partial charge in [-0.25, -0.2) is 9.82 Å². The van der Waals surface area contributed by atoms with Crippen molar-refractivity contribution in [3.63, 3.8) is 0 Å². The highest BCUT2D eigenvalue weighted by Crippen LogP contribution is 2.26. The summed E-state index contributed by atoms with van der Waals surface area (Å²) in [5, 5.41) is 0.982. The number of hydrogen-bond acceptors (Lipinski definition) is 5. The zero-order valence-electron chi connectivity index (χ0n) is 10.4. The summed E-state index contributed by atoms with van der Waals surface area (Å²) in [5.74, 6) is 0.858. The lowest BCUT2D eigenvalue weighted by atomic mass is 10.2. The monoisotopic (exact) mass is 297 g/mol. The molecule has 2 aromatic rings. The maximum Gasteiger partial charge on any atom is 0.123 e. The Labute approximate surface area is 121 Å². The van der Waals surface area contributed by atoms with E-state index in [0.29, 0.717) is 19.7 Å². The summed E-state index contributed by atoms with van der Waals surface area (Å²) in [7, 11) is 0. The van der Waals surface area contributed by atoms with Crippen molar-refractivity contribution < 1.29 is 4.74 Å². The Morgan fingerprint density at radius 1 is 1.32 bits per heavy atom. The molecule has 0 amide bonds. The molecule has 1 heterocycles. The molecule has 0 fully saturated rings. The minimum absolute atomic E-state index is 0.625. The summed E-state index contributed by atoms with van der Waals surface area (Å²) in [4.78, 5) is 8.08. The lowest BCUT2D eigenvalue weighted by Crippen LogP contribution is -2.05. The lowest BCUT2D eigenvalue weighted by molar-refractivity contribution is 0.313. The Kier molecular flexibility index (Phi) is 5.60. The smallest absolute Gasteiger partial charge is 0.123 e. The maximum atomic E-state index is 5.56. The van der Waals surface area contributed by atoms with Gasteiger partial charge >= 0.3 is 0 Å². The highest BCUT2D eigenvalue weighted by atomic mass is 35.5. The van der Waals surface area contributed by atoms with Gasteiger partial charge in [0.1, 0.15) is 10.8 Å². The van der Waals surface area contributed by atoms with E-state index in [1.165, 1.54) is 0 Å². The molecule has 4 nitrogen and oxygen atoms in total. The zero-order chi connectivity index (χ0) is 13.5. The van der Waals surface area contributed by atoms with E-state index in [-0.39, 0.29) is 0 Å². The van der Waals surface area contributed by atoms with E-state index in [1.807, 2.05) is 30.5 Å². The van der Waals surface area contributed by atoms with Crippen molar-refractivity contribution in [1.82, 2.24) is 9.82 Å². The van der Waals surface area contributed by atoms with Crippen molar-refractivity contribution >= 4 is 23.1 Å². The first-order valence-electron chi connectivity index (χ1n) is 6.05. The molecule has 0 saturated heterocycles. The van der Waals surface area contributed by atoms with E-state index in [0.717, 1.165) is 27.6 Å². The minimum Gasteiger partial charge on any atom is -0.494 e. The molecule has 0 spiro atoms. The molecular formula is C13H16ClN3OS. The van der Waals surface area contributed by atoms with Crippen LogP contribution in [-0.2, 0) is 6.54 Å². The molecule has 19 heavy (non-hydrogen) atoms. The molecule has 0 aliphatic carbocycles. The van der Waals surface area contributed by atoms with Crippen molar-refractivity contribution in [3.8, 4) is 16.3 Å². The van der Waals surface area contributed by atoms with Crippen LogP contribution in [0, 0.1) is 0 Å². The average Bonchev–Trinajstić information content (AvgIpc) is 2.89. The van der Waals surface area contributed by atoms with Gasteiger partial charge in [-0.1, -0.05) is 0 Å². The standard InChI is InChI=1S/C13H16ClN3OS/c14-17-9-12-8-16-13(19-12)10-2-4-11(5-3-10)18-7-1-6-15/h2-5,8,17H,1,6-7,9,15H2. The van der Waals surface area contributed by atoms with Gasteiger partial charge in [-0.05, 0) is 49.0 Å². The van der Waals surface area contributed by atoms with Gasteiger partial charge in [-0.15, -0.1) is 11.3 Å². The third-order valence-electron chi connectivity index (χ3n) is 2.51. The molecule has 102 valence electrons. The molecule has 1 aromatic carbocycles. The van der Waals surface area contributed by atoms with Crippen LogP contribution in [0.15, 0.2) is 30.5 Å². The number of thiazole rings is 1. The number of rotatable bonds is 7. The number of ether oxygens (including phenoxy) is 1. The second-order valence-corrected chi connectivity index (χ2v) is 5.34. The second-order valence-electron chi connectivity index (χ2n) is 3.96. The van der Waals surface area contributed by atoms with Crippen LogP contribution < -0.4 is 15.3 Å². The average molecular weight is 298 g/mol. The van der Waals surface area contributed by atoms with Gasteiger partial charge in [-0.2, -0.15) is 0 Å². The van der Waals surface area contributed by atoms with Crippen molar-refractivity contribution in [2.75, 3.05) is 13.2 Å². The molecule has 0 atom stereocenters. The summed E-state index contributed by atoms with van der Waals surface area (Å²) < 4.78 is 5.56. The zero-order valence-corrected chi connectivity index (χ0v) is 12.0.